The maximum absolute atomic E-state index is 11.3. The Morgan fingerprint density at radius 1 is 1.31 bits per heavy atom. The predicted octanol–water partition coefficient (Wildman–Crippen LogP) is 2.35. The Labute approximate surface area is 90.9 Å². The van der Waals surface area contributed by atoms with Gasteiger partial charge in [-0.05, 0) is 6.07 Å². The van der Waals surface area contributed by atoms with Gasteiger partial charge in [-0.15, -0.1) is 0 Å². The maximum Gasteiger partial charge on any atom is 0.277 e. The van der Waals surface area contributed by atoms with Gasteiger partial charge >= 0.3 is 0 Å². The zero-order valence-corrected chi connectivity index (χ0v) is 8.51. The summed E-state index contributed by atoms with van der Waals surface area (Å²) in [6.07, 6.45) is 1.41. The summed E-state index contributed by atoms with van der Waals surface area (Å²) in [6.45, 7) is 1.39. The van der Waals surface area contributed by atoms with E-state index in [1.165, 1.54) is 19.2 Å². The van der Waals surface area contributed by atoms with Crippen molar-refractivity contribution < 1.29 is 9.72 Å². The minimum absolute atomic E-state index is 0.0117. The molecule has 0 fully saturated rings. The number of nitro benzene ring substituents is 1. The zero-order valence-electron chi connectivity index (χ0n) is 8.51. The smallest absolute Gasteiger partial charge is 0.277 e. The number of aromatic nitrogens is 1. The van der Waals surface area contributed by atoms with Gasteiger partial charge in [0.1, 0.15) is 5.69 Å². The molecule has 0 radical (unpaired) electrons. The van der Waals surface area contributed by atoms with Crippen LogP contribution in [0.25, 0.3) is 10.8 Å². The molecule has 5 nitrogen and oxygen atoms in total. The molecule has 1 aromatic carbocycles. The van der Waals surface area contributed by atoms with E-state index in [4.69, 9.17) is 0 Å². The Morgan fingerprint density at radius 3 is 2.69 bits per heavy atom. The molecule has 0 saturated heterocycles. The number of benzene rings is 1. The molecule has 0 atom stereocenters. The van der Waals surface area contributed by atoms with Crippen LogP contribution in [0, 0.1) is 10.1 Å². The summed E-state index contributed by atoms with van der Waals surface area (Å²) in [7, 11) is 0. The van der Waals surface area contributed by atoms with Crippen molar-refractivity contribution in [1.82, 2.24) is 4.98 Å². The van der Waals surface area contributed by atoms with E-state index in [-0.39, 0.29) is 17.2 Å². The second-order valence-corrected chi connectivity index (χ2v) is 3.35. The molecule has 5 heteroatoms. The molecule has 0 N–H and O–H groups in total. The zero-order chi connectivity index (χ0) is 11.7. The molecule has 1 aromatic heterocycles. The lowest BCUT2D eigenvalue weighted by atomic mass is 10.1. The molecule has 0 amide bonds. The third-order valence-electron chi connectivity index (χ3n) is 2.31. The molecule has 0 aliphatic rings. The number of carbonyl (C=O) groups excluding carboxylic acids is 1. The summed E-state index contributed by atoms with van der Waals surface area (Å²) in [5.41, 5.74) is 0.253. The number of pyridine rings is 1. The number of nitro groups is 1. The molecule has 0 aliphatic carbocycles. The maximum atomic E-state index is 11.3. The Morgan fingerprint density at radius 2 is 2.06 bits per heavy atom. The quantitative estimate of drug-likeness (QED) is 0.438. The van der Waals surface area contributed by atoms with Crippen LogP contribution in [0.2, 0.25) is 0 Å². The summed E-state index contributed by atoms with van der Waals surface area (Å²) < 4.78 is 0. The van der Waals surface area contributed by atoms with E-state index >= 15 is 0 Å². The normalized spacial score (nSPS) is 10.3. The fourth-order valence-corrected chi connectivity index (χ4v) is 1.63. The molecular formula is C11H8N2O3. The Hall–Kier alpha value is -2.30. The number of nitrogens with zero attached hydrogens (tertiary/aromatic N) is 2. The molecular weight excluding hydrogens is 208 g/mol. The molecule has 2 rings (SSSR count). The van der Waals surface area contributed by atoms with E-state index in [1.54, 1.807) is 18.2 Å². The Kier molecular flexibility index (Phi) is 2.36. The summed E-state index contributed by atoms with van der Waals surface area (Å²) in [6, 6.07) is 6.16. The average molecular weight is 216 g/mol. The highest BCUT2D eigenvalue weighted by molar-refractivity contribution is 6.07. The van der Waals surface area contributed by atoms with Crippen LogP contribution in [0.1, 0.15) is 17.4 Å². The van der Waals surface area contributed by atoms with Gasteiger partial charge in [0.25, 0.3) is 5.69 Å². The molecule has 2 aromatic rings. The van der Waals surface area contributed by atoms with Crippen LogP contribution in [0.5, 0.6) is 0 Å². The lowest BCUT2D eigenvalue weighted by Gasteiger charge is -2.02. The van der Waals surface area contributed by atoms with Gasteiger partial charge < -0.3 is 0 Å². The van der Waals surface area contributed by atoms with Crippen molar-refractivity contribution >= 4 is 22.2 Å². The number of fused-ring (bicyclic) bond motifs is 1. The van der Waals surface area contributed by atoms with Gasteiger partial charge in [-0.1, -0.05) is 12.1 Å². The summed E-state index contributed by atoms with van der Waals surface area (Å²) in [4.78, 5) is 25.6. The van der Waals surface area contributed by atoms with Crippen LogP contribution < -0.4 is 0 Å². The highest BCUT2D eigenvalue weighted by Crippen LogP contribution is 2.26. The molecule has 16 heavy (non-hydrogen) atoms. The van der Waals surface area contributed by atoms with Crippen molar-refractivity contribution in [3.05, 3.63) is 46.3 Å². The molecule has 0 aliphatic heterocycles. The van der Waals surface area contributed by atoms with Crippen molar-refractivity contribution in [3.8, 4) is 0 Å². The van der Waals surface area contributed by atoms with Crippen molar-refractivity contribution in [3.63, 3.8) is 0 Å². The first-order valence-electron chi connectivity index (χ1n) is 4.64. The minimum Gasteiger partial charge on any atom is -0.293 e. The van der Waals surface area contributed by atoms with Crippen LogP contribution in [0.15, 0.2) is 30.5 Å². The van der Waals surface area contributed by atoms with Gasteiger partial charge in [-0.25, -0.2) is 0 Å². The third-order valence-corrected chi connectivity index (χ3v) is 2.31. The summed E-state index contributed by atoms with van der Waals surface area (Å²) in [5, 5.41) is 11.8. The fourth-order valence-electron chi connectivity index (χ4n) is 1.63. The summed E-state index contributed by atoms with van der Waals surface area (Å²) in [5.74, 6) is -0.203. The first-order chi connectivity index (χ1) is 7.61. The number of hydrogen-bond donors (Lipinski definition) is 0. The molecule has 0 saturated carbocycles. The number of carbonyl (C=O) groups is 1. The van der Waals surface area contributed by atoms with E-state index in [2.05, 4.69) is 4.98 Å². The second kappa shape index (κ2) is 3.69. The highest BCUT2D eigenvalue weighted by Gasteiger charge is 2.14. The Bertz CT molecular complexity index is 540. The number of ketones is 1. The van der Waals surface area contributed by atoms with Gasteiger partial charge in [-0.3, -0.25) is 19.9 Å². The van der Waals surface area contributed by atoms with Crippen LogP contribution in [0.4, 0.5) is 5.69 Å². The highest BCUT2D eigenvalue weighted by atomic mass is 16.6. The molecule has 1 heterocycles. The lowest BCUT2D eigenvalue weighted by Crippen LogP contribution is -1.99. The first kappa shape index (κ1) is 10.2. The number of hydrogen-bond acceptors (Lipinski definition) is 4. The average Bonchev–Trinajstić information content (AvgIpc) is 2.27. The molecule has 0 unspecified atom stereocenters. The van der Waals surface area contributed by atoms with Crippen LogP contribution in [-0.4, -0.2) is 15.7 Å². The summed E-state index contributed by atoms with van der Waals surface area (Å²) >= 11 is 0. The first-order valence-corrected chi connectivity index (χ1v) is 4.64. The van der Waals surface area contributed by atoms with Gasteiger partial charge in [-0.2, -0.15) is 0 Å². The monoisotopic (exact) mass is 216 g/mol. The number of rotatable bonds is 2. The predicted molar refractivity (Wildman–Crippen MR) is 58.4 cm³/mol. The molecule has 0 spiro atoms. The van der Waals surface area contributed by atoms with Crippen molar-refractivity contribution in [2.75, 3.05) is 0 Å². The van der Waals surface area contributed by atoms with E-state index in [0.717, 1.165) is 0 Å². The minimum atomic E-state index is -0.466. The fraction of sp³-hybridized carbons (Fsp3) is 0.0909. The van der Waals surface area contributed by atoms with E-state index in [0.29, 0.717) is 10.8 Å². The van der Waals surface area contributed by atoms with Crippen molar-refractivity contribution in [2.24, 2.45) is 0 Å². The number of non-ortho nitro benzene ring substituents is 1. The van der Waals surface area contributed by atoms with Gasteiger partial charge in [0, 0.05) is 24.6 Å². The van der Waals surface area contributed by atoms with Crippen molar-refractivity contribution in [2.45, 2.75) is 6.92 Å². The van der Waals surface area contributed by atoms with E-state index in [9.17, 15) is 14.9 Å². The second-order valence-electron chi connectivity index (χ2n) is 3.35. The van der Waals surface area contributed by atoms with Gasteiger partial charge in [0.15, 0.2) is 5.78 Å². The molecule has 0 bridgehead atoms. The standard InChI is InChI=1S/C11H8N2O3/c1-7(14)11-9-3-2-4-10(13(15)16)8(9)5-6-12-11/h2-6H,1H3. The van der Waals surface area contributed by atoms with Crippen molar-refractivity contribution in [1.29, 1.82) is 0 Å². The van der Waals surface area contributed by atoms with Crippen LogP contribution >= 0.6 is 0 Å². The van der Waals surface area contributed by atoms with Crippen LogP contribution in [0.3, 0.4) is 0 Å². The SMILES string of the molecule is CC(=O)c1nccc2c([N+](=O)[O-])cccc12. The van der Waals surface area contributed by atoms with Gasteiger partial charge in [0.2, 0.25) is 0 Å². The van der Waals surface area contributed by atoms with Gasteiger partial charge in [0.05, 0.1) is 10.3 Å². The lowest BCUT2D eigenvalue weighted by molar-refractivity contribution is -0.383. The number of Topliss-reactive ketones (excluding diaryl/α,β-unsaturated/α-hetero) is 1. The van der Waals surface area contributed by atoms with E-state index in [1.807, 2.05) is 0 Å². The topological polar surface area (TPSA) is 73.1 Å². The Balaban J connectivity index is 2.86. The van der Waals surface area contributed by atoms with E-state index < -0.39 is 4.92 Å². The third kappa shape index (κ3) is 1.52. The molecule has 80 valence electrons. The van der Waals surface area contributed by atoms with Crippen LogP contribution in [-0.2, 0) is 0 Å². The largest absolute Gasteiger partial charge is 0.293 e.